The molecule has 0 saturated heterocycles. The molecule has 2 aromatic rings. The highest BCUT2D eigenvalue weighted by atomic mass is 35.5. The Balaban J connectivity index is 1.56. The lowest BCUT2D eigenvalue weighted by atomic mass is 9.94. The van der Waals surface area contributed by atoms with Crippen molar-refractivity contribution in [2.24, 2.45) is 5.10 Å². The van der Waals surface area contributed by atoms with E-state index in [0.717, 1.165) is 29.7 Å². The topological polar surface area (TPSA) is 35.9 Å². The van der Waals surface area contributed by atoms with Gasteiger partial charge in [0.15, 0.2) is 0 Å². The minimum atomic E-state index is -0.284. The van der Waals surface area contributed by atoms with Gasteiger partial charge in [0.25, 0.3) is 5.91 Å². The number of hydrogen-bond acceptors (Lipinski definition) is 3. The fraction of sp³-hybridized carbons (Fsp3) is 0.417. The zero-order valence-electron chi connectivity index (χ0n) is 17.2. The number of benzene rings is 2. The van der Waals surface area contributed by atoms with Crippen LogP contribution in [0.25, 0.3) is 0 Å². The fourth-order valence-corrected chi connectivity index (χ4v) is 4.56. The molecule has 0 aromatic heterocycles. The summed E-state index contributed by atoms with van der Waals surface area (Å²) in [7, 11) is 2.03. The maximum atomic E-state index is 13.4. The summed E-state index contributed by atoms with van der Waals surface area (Å²) in [6.45, 7) is 0.342. The van der Waals surface area contributed by atoms with E-state index in [9.17, 15) is 9.18 Å². The molecular formula is C24H27ClFN3O. The van der Waals surface area contributed by atoms with Gasteiger partial charge in [-0.3, -0.25) is 9.69 Å². The van der Waals surface area contributed by atoms with Crippen molar-refractivity contribution in [3.8, 4) is 0 Å². The zero-order chi connectivity index (χ0) is 21.1. The highest BCUT2D eigenvalue weighted by molar-refractivity contribution is 6.30. The standard InChI is InChI=1S/C24H27ClFN3O/c1-28(21-5-3-2-4-6-21)16-24(30)29-23(18-7-11-19(25)12-8-18)15-22(27-29)17-9-13-20(26)14-10-17/h7-14,21,23H,2-6,15-16H2,1H3. The number of amides is 1. The van der Waals surface area contributed by atoms with Crippen LogP contribution in [0.2, 0.25) is 5.02 Å². The molecule has 1 heterocycles. The molecule has 30 heavy (non-hydrogen) atoms. The lowest BCUT2D eigenvalue weighted by Gasteiger charge is -2.32. The number of nitrogens with zero attached hydrogens (tertiary/aromatic N) is 3. The molecule has 0 spiro atoms. The molecule has 1 saturated carbocycles. The summed E-state index contributed by atoms with van der Waals surface area (Å²) >= 11 is 6.06. The van der Waals surface area contributed by atoms with Gasteiger partial charge in [0.2, 0.25) is 0 Å². The molecule has 1 fully saturated rings. The molecule has 1 aliphatic heterocycles. The Labute approximate surface area is 182 Å². The second-order valence-electron chi connectivity index (χ2n) is 8.27. The quantitative estimate of drug-likeness (QED) is 0.638. The smallest absolute Gasteiger partial charge is 0.257 e. The van der Waals surface area contributed by atoms with Crippen LogP contribution >= 0.6 is 11.6 Å². The van der Waals surface area contributed by atoms with Crippen molar-refractivity contribution in [3.63, 3.8) is 0 Å². The van der Waals surface area contributed by atoms with Crippen molar-refractivity contribution in [1.82, 2.24) is 9.91 Å². The van der Waals surface area contributed by atoms with E-state index in [-0.39, 0.29) is 17.8 Å². The van der Waals surface area contributed by atoms with Gasteiger partial charge in [0.1, 0.15) is 5.82 Å². The predicted octanol–water partition coefficient (Wildman–Crippen LogP) is 5.42. The Morgan fingerprint density at radius 1 is 1.10 bits per heavy atom. The minimum Gasteiger partial charge on any atom is -0.295 e. The van der Waals surface area contributed by atoms with Crippen molar-refractivity contribution in [3.05, 3.63) is 70.5 Å². The third kappa shape index (κ3) is 4.73. The summed E-state index contributed by atoms with van der Waals surface area (Å²) < 4.78 is 13.4. The van der Waals surface area contributed by atoms with E-state index >= 15 is 0 Å². The van der Waals surface area contributed by atoms with Gasteiger partial charge in [-0.25, -0.2) is 9.40 Å². The van der Waals surface area contributed by atoms with Crippen molar-refractivity contribution >= 4 is 23.2 Å². The minimum absolute atomic E-state index is 0.0138. The Morgan fingerprint density at radius 3 is 2.43 bits per heavy atom. The Morgan fingerprint density at radius 2 is 1.77 bits per heavy atom. The Bertz CT molecular complexity index is 907. The maximum Gasteiger partial charge on any atom is 0.257 e. The first kappa shape index (κ1) is 21.0. The molecule has 1 aliphatic carbocycles. The number of likely N-dealkylation sites (N-methyl/N-ethyl adjacent to an activating group) is 1. The molecule has 158 valence electrons. The SMILES string of the molecule is CN(CC(=O)N1N=C(c2ccc(F)cc2)CC1c1ccc(Cl)cc1)C1CCCCC1. The highest BCUT2D eigenvalue weighted by Gasteiger charge is 2.34. The van der Waals surface area contributed by atoms with Crippen LogP contribution in [0, 0.1) is 5.82 Å². The molecule has 1 atom stereocenters. The Kier molecular flexibility index (Phi) is 6.49. The summed E-state index contributed by atoms with van der Waals surface area (Å²) in [6, 6.07) is 14.1. The summed E-state index contributed by atoms with van der Waals surface area (Å²) in [5.74, 6) is -0.297. The summed E-state index contributed by atoms with van der Waals surface area (Å²) in [5, 5.41) is 6.96. The molecule has 0 radical (unpaired) electrons. The number of hydrazone groups is 1. The average molecular weight is 428 g/mol. The van der Waals surface area contributed by atoms with Gasteiger partial charge < -0.3 is 0 Å². The lowest BCUT2D eigenvalue weighted by Crippen LogP contribution is -2.41. The van der Waals surface area contributed by atoms with Gasteiger partial charge in [0, 0.05) is 17.5 Å². The van der Waals surface area contributed by atoms with Crippen molar-refractivity contribution in [2.75, 3.05) is 13.6 Å². The third-order valence-electron chi connectivity index (χ3n) is 6.18. The monoisotopic (exact) mass is 427 g/mol. The van der Waals surface area contributed by atoms with Crippen molar-refractivity contribution in [2.45, 2.75) is 50.6 Å². The van der Waals surface area contributed by atoms with Gasteiger partial charge in [-0.1, -0.05) is 55.1 Å². The largest absolute Gasteiger partial charge is 0.295 e. The van der Waals surface area contributed by atoms with E-state index in [1.807, 2.05) is 31.3 Å². The summed E-state index contributed by atoms with van der Waals surface area (Å²) in [5.41, 5.74) is 2.63. The number of halogens is 2. The second-order valence-corrected chi connectivity index (χ2v) is 8.71. The van der Waals surface area contributed by atoms with Crippen LogP contribution in [0.15, 0.2) is 53.6 Å². The number of hydrogen-bond donors (Lipinski definition) is 0. The van der Waals surface area contributed by atoms with Gasteiger partial charge in [-0.15, -0.1) is 0 Å². The van der Waals surface area contributed by atoms with Crippen LogP contribution in [-0.4, -0.2) is 41.2 Å². The van der Waals surface area contributed by atoms with E-state index in [2.05, 4.69) is 10.0 Å². The second kappa shape index (κ2) is 9.27. The molecule has 0 N–H and O–H groups in total. The van der Waals surface area contributed by atoms with Crippen LogP contribution in [0.3, 0.4) is 0 Å². The molecule has 1 amide bonds. The van der Waals surface area contributed by atoms with Gasteiger partial charge in [-0.2, -0.15) is 5.10 Å². The number of carbonyl (C=O) groups excluding carboxylic acids is 1. The van der Waals surface area contributed by atoms with Crippen LogP contribution in [0.1, 0.15) is 55.7 Å². The van der Waals surface area contributed by atoms with Crippen molar-refractivity contribution < 1.29 is 9.18 Å². The van der Waals surface area contributed by atoms with Gasteiger partial charge in [-0.05, 0) is 55.3 Å². The van der Waals surface area contributed by atoms with E-state index in [0.29, 0.717) is 24.0 Å². The molecular weight excluding hydrogens is 401 g/mol. The molecule has 2 aliphatic rings. The van der Waals surface area contributed by atoms with E-state index < -0.39 is 0 Å². The van der Waals surface area contributed by atoms with Crippen LogP contribution in [0.4, 0.5) is 4.39 Å². The van der Waals surface area contributed by atoms with Crippen LogP contribution < -0.4 is 0 Å². The highest BCUT2D eigenvalue weighted by Crippen LogP contribution is 2.34. The lowest BCUT2D eigenvalue weighted by molar-refractivity contribution is -0.134. The van der Waals surface area contributed by atoms with Gasteiger partial charge >= 0.3 is 0 Å². The first-order valence-electron chi connectivity index (χ1n) is 10.6. The number of rotatable bonds is 5. The van der Waals surface area contributed by atoms with Crippen LogP contribution in [0.5, 0.6) is 0 Å². The predicted molar refractivity (Wildman–Crippen MR) is 118 cm³/mol. The molecule has 2 aromatic carbocycles. The molecule has 0 bridgehead atoms. The maximum absolute atomic E-state index is 13.4. The van der Waals surface area contributed by atoms with E-state index in [1.54, 1.807) is 17.1 Å². The summed E-state index contributed by atoms with van der Waals surface area (Å²) in [6.07, 6.45) is 6.63. The molecule has 6 heteroatoms. The Hall–Kier alpha value is -2.24. The molecule has 4 rings (SSSR count). The first-order chi connectivity index (χ1) is 14.5. The molecule has 4 nitrogen and oxygen atoms in total. The fourth-order valence-electron chi connectivity index (χ4n) is 4.44. The number of carbonyl (C=O) groups is 1. The summed E-state index contributed by atoms with van der Waals surface area (Å²) in [4.78, 5) is 15.4. The van der Waals surface area contributed by atoms with E-state index in [1.165, 1.54) is 31.4 Å². The van der Waals surface area contributed by atoms with E-state index in [4.69, 9.17) is 11.6 Å². The molecule has 1 unspecified atom stereocenters. The van der Waals surface area contributed by atoms with Gasteiger partial charge in [0.05, 0.1) is 18.3 Å². The average Bonchev–Trinajstić information content (AvgIpc) is 3.21. The third-order valence-corrected chi connectivity index (χ3v) is 6.43. The van der Waals surface area contributed by atoms with Crippen molar-refractivity contribution in [1.29, 1.82) is 0 Å². The normalized spacial score (nSPS) is 19.9. The first-order valence-corrected chi connectivity index (χ1v) is 11.0. The zero-order valence-corrected chi connectivity index (χ0v) is 18.0. The van der Waals surface area contributed by atoms with Crippen LogP contribution in [-0.2, 0) is 4.79 Å².